The lowest BCUT2D eigenvalue weighted by Gasteiger charge is -2.38. The van der Waals surface area contributed by atoms with E-state index < -0.39 is 11.9 Å². The van der Waals surface area contributed by atoms with Gasteiger partial charge in [0.15, 0.2) is 11.6 Å². The van der Waals surface area contributed by atoms with Gasteiger partial charge in [0, 0.05) is 25.7 Å². The van der Waals surface area contributed by atoms with Gasteiger partial charge in [0.1, 0.15) is 29.6 Å². The Balaban J connectivity index is 1.42. The number of hydrogen-bond acceptors (Lipinski definition) is 7. The van der Waals surface area contributed by atoms with Gasteiger partial charge in [-0.2, -0.15) is 0 Å². The first-order valence-electron chi connectivity index (χ1n) is 15.3. The number of rotatable bonds is 5. The van der Waals surface area contributed by atoms with Crippen LogP contribution in [0.15, 0.2) is 78.9 Å². The summed E-state index contributed by atoms with van der Waals surface area (Å²) in [6.45, 7) is 1.76. The highest BCUT2D eigenvalue weighted by molar-refractivity contribution is 5.98. The molecule has 238 valence electrons. The summed E-state index contributed by atoms with van der Waals surface area (Å²) in [6.07, 6.45) is 1.24. The first-order valence-corrected chi connectivity index (χ1v) is 15.3. The van der Waals surface area contributed by atoms with Crippen molar-refractivity contribution in [2.45, 2.75) is 25.3 Å². The monoisotopic (exact) mass is 625 g/mol. The molecule has 10 heteroatoms. The van der Waals surface area contributed by atoms with Crippen LogP contribution in [-0.4, -0.2) is 56.7 Å². The minimum atomic E-state index is -0.525. The van der Waals surface area contributed by atoms with Gasteiger partial charge in [-0.15, -0.1) is 0 Å². The first kappa shape index (κ1) is 30.9. The Hall–Kier alpha value is -5.09. The number of methoxy groups -OCH3 is 1. The van der Waals surface area contributed by atoms with Crippen LogP contribution in [0.3, 0.4) is 0 Å². The number of halogens is 1. The largest absolute Gasteiger partial charge is 0.497 e. The topological polar surface area (TPSA) is 112 Å². The average Bonchev–Trinajstić information content (AvgIpc) is 3.07. The summed E-state index contributed by atoms with van der Waals surface area (Å²) < 4.78 is 38.2. The molecule has 0 fully saturated rings. The zero-order chi connectivity index (χ0) is 32.0. The van der Waals surface area contributed by atoms with Crippen molar-refractivity contribution in [1.29, 1.82) is 0 Å². The van der Waals surface area contributed by atoms with Crippen molar-refractivity contribution in [2.24, 2.45) is 5.73 Å². The second kappa shape index (κ2) is 13.9. The molecule has 0 saturated carbocycles. The lowest BCUT2D eigenvalue weighted by Crippen LogP contribution is -2.40. The first-order chi connectivity index (χ1) is 22.4. The molecule has 1 atom stereocenters. The smallest absolute Gasteiger partial charge is 0.258 e. The molecule has 0 aliphatic carbocycles. The summed E-state index contributed by atoms with van der Waals surface area (Å²) >= 11 is 0. The van der Waals surface area contributed by atoms with Crippen molar-refractivity contribution in [3.8, 4) is 28.7 Å². The zero-order valence-electron chi connectivity index (χ0n) is 25.6. The van der Waals surface area contributed by atoms with E-state index in [1.54, 1.807) is 43.5 Å². The fourth-order valence-corrected chi connectivity index (χ4v) is 5.87. The summed E-state index contributed by atoms with van der Waals surface area (Å²) in [5.41, 5.74) is 9.50. The van der Waals surface area contributed by atoms with E-state index in [0.29, 0.717) is 73.2 Å². The quantitative estimate of drug-likeness (QED) is 0.314. The Kier molecular flexibility index (Phi) is 9.35. The molecule has 0 aromatic heterocycles. The number of carbonyl (C=O) groups is 2. The van der Waals surface area contributed by atoms with Crippen molar-refractivity contribution in [1.82, 2.24) is 10.2 Å². The van der Waals surface area contributed by atoms with Crippen molar-refractivity contribution in [3.63, 3.8) is 0 Å². The van der Waals surface area contributed by atoms with Gasteiger partial charge in [0.05, 0.1) is 31.7 Å². The van der Waals surface area contributed by atoms with Crippen LogP contribution in [0.4, 0.5) is 4.39 Å². The fourth-order valence-electron chi connectivity index (χ4n) is 5.87. The van der Waals surface area contributed by atoms with E-state index in [2.05, 4.69) is 5.32 Å². The second-order valence-corrected chi connectivity index (χ2v) is 11.2. The van der Waals surface area contributed by atoms with Crippen LogP contribution in [0.1, 0.15) is 45.1 Å². The molecular formula is C36H36FN3O6. The molecule has 3 aliphatic rings. The number of nitrogens with zero attached hydrogens (tertiary/aromatic N) is 1. The van der Waals surface area contributed by atoms with Gasteiger partial charge in [-0.1, -0.05) is 24.3 Å². The lowest BCUT2D eigenvalue weighted by atomic mass is 9.87. The third-order valence-corrected chi connectivity index (χ3v) is 8.07. The summed E-state index contributed by atoms with van der Waals surface area (Å²) in [5, 5.41) is 2.89. The minimum absolute atomic E-state index is 0.0398. The van der Waals surface area contributed by atoms with E-state index in [1.165, 1.54) is 6.07 Å². The van der Waals surface area contributed by atoms with E-state index in [0.717, 1.165) is 16.7 Å². The van der Waals surface area contributed by atoms with Crippen LogP contribution < -0.4 is 30.0 Å². The molecule has 0 spiro atoms. The van der Waals surface area contributed by atoms with Gasteiger partial charge in [0.25, 0.3) is 5.91 Å². The van der Waals surface area contributed by atoms with E-state index in [-0.39, 0.29) is 30.6 Å². The fraction of sp³-hybridized carbons (Fsp3) is 0.278. The number of nitrogens with one attached hydrogen (secondary N) is 1. The molecule has 7 rings (SSSR count). The van der Waals surface area contributed by atoms with Crippen LogP contribution in [0.2, 0.25) is 0 Å². The molecule has 9 nitrogen and oxygen atoms in total. The maximum atomic E-state index is 14.8. The summed E-state index contributed by atoms with van der Waals surface area (Å²) in [4.78, 5) is 28.7. The Morgan fingerprint density at radius 2 is 1.96 bits per heavy atom. The molecular weight excluding hydrogens is 589 g/mol. The normalized spacial score (nSPS) is 16.2. The second-order valence-electron chi connectivity index (χ2n) is 11.2. The number of amides is 2. The van der Waals surface area contributed by atoms with E-state index in [1.807, 2.05) is 41.3 Å². The van der Waals surface area contributed by atoms with E-state index in [4.69, 9.17) is 24.7 Å². The van der Waals surface area contributed by atoms with Gasteiger partial charge in [-0.25, -0.2) is 4.39 Å². The van der Waals surface area contributed by atoms with Gasteiger partial charge < -0.3 is 34.9 Å². The molecule has 4 aromatic rings. The maximum Gasteiger partial charge on any atom is 0.258 e. The van der Waals surface area contributed by atoms with Crippen molar-refractivity contribution in [2.75, 3.05) is 40.0 Å². The Morgan fingerprint density at radius 1 is 1.07 bits per heavy atom. The molecule has 3 N–H and O–H groups in total. The van der Waals surface area contributed by atoms with Crippen molar-refractivity contribution < 1.29 is 32.9 Å². The van der Waals surface area contributed by atoms with Crippen LogP contribution in [-0.2, 0) is 17.6 Å². The minimum Gasteiger partial charge on any atom is -0.497 e. The van der Waals surface area contributed by atoms with Crippen LogP contribution in [0, 0.1) is 5.82 Å². The standard InChI is InChI=1S/C36H36FN3O6/c1-43-26-7-10-30(32(22-26)45-17-13-38)36(42)40-15-12-24-20-28-8-9-29(24)35(40)25-4-2-5-27(21-25)44-16-3-14-39-34(41)19-23-6-11-31(37)33(18-23)46-28/h2,4-11,18,20-22,35H,3,12-17,19,38H2,1H3,(H,39,41). The summed E-state index contributed by atoms with van der Waals surface area (Å²) in [5.74, 6) is 1.22. The average molecular weight is 626 g/mol. The highest BCUT2D eigenvalue weighted by atomic mass is 19.1. The van der Waals surface area contributed by atoms with Gasteiger partial charge >= 0.3 is 0 Å². The van der Waals surface area contributed by atoms with Gasteiger partial charge in [0.2, 0.25) is 5.91 Å². The molecule has 8 bridgehead atoms. The van der Waals surface area contributed by atoms with Gasteiger partial charge in [-0.3, -0.25) is 9.59 Å². The Bertz CT molecular complexity index is 1750. The van der Waals surface area contributed by atoms with Crippen LogP contribution in [0.25, 0.3) is 0 Å². The molecule has 2 amide bonds. The van der Waals surface area contributed by atoms with Crippen LogP contribution >= 0.6 is 0 Å². The van der Waals surface area contributed by atoms with E-state index in [9.17, 15) is 14.0 Å². The van der Waals surface area contributed by atoms with Crippen molar-refractivity contribution >= 4 is 11.8 Å². The molecule has 0 saturated heterocycles. The molecule has 0 radical (unpaired) electrons. The number of benzene rings is 4. The molecule has 46 heavy (non-hydrogen) atoms. The summed E-state index contributed by atoms with van der Waals surface area (Å²) in [6, 6.07) is 22.4. The Labute approximate surface area is 267 Å². The van der Waals surface area contributed by atoms with Crippen molar-refractivity contribution in [3.05, 3.63) is 112 Å². The third kappa shape index (κ3) is 6.77. The predicted molar refractivity (Wildman–Crippen MR) is 170 cm³/mol. The highest BCUT2D eigenvalue weighted by Gasteiger charge is 2.34. The number of fused-ring (bicyclic) bond motifs is 7. The number of ether oxygens (including phenoxy) is 4. The van der Waals surface area contributed by atoms with Gasteiger partial charge in [-0.05, 0) is 83.6 Å². The summed E-state index contributed by atoms with van der Waals surface area (Å²) in [7, 11) is 1.56. The molecule has 4 aromatic carbocycles. The molecule has 3 heterocycles. The molecule has 3 aliphatic heterocycles. The van der Waals surface area contributed by atoms with Crippen LogP contribution in [0.5, 0.6) is 28.7 Å². The number of nitrogens with two attached hydrogens (primary N) is 1. The Morgan fingerprint density at radius 3 is 2.80 bits per heavy atom. The lowest BCUT2D eigenvalue weighted by molar-refractivity contribution is -0.120. The number of carbonyl (C=O) groups excluding carboxylic acids is 2. The number of hydrogen-bond donors (Lipinski definition) is 2. The van der Waals surface area contributed by atoms with E-state index >= 15 is 0 Å². The third-order valence-electron chi connectivity index (χ3n) is 8.07. The zero-order valence-corrected chi connectivity index (χ0v) is 25.6. The highest BCUT2D eigenvalue weighted by Crippen LogP contribution is 2.40. The maximum absolute atomic E-state index is 14.8. The SMILES string of the molecule is COc1ccc(C(=O)N2CCc3cc4ccc3C2c2cccc(c2)OCCCNC(=O)Cc2ccc(F)c(c2)O4)c(OCCN)c1. The molecule has 1 unspecified atom stereocenters. The predicted octanol–water partition coefficient (Wildman–Crippen LogP) is 5.19.